The first-order valence-electron chi connectivity index (χ1n) is 16.5. The number of morpholine rings is 1. The number of quaternary nitrogens is 1. The van der Waals surface area contributed by atoms with Gasteiger partial charge < -0.3 is 48.7 Å². The van der Waals surface area contributed by atoms with Crippen LogP contribution in [0.25, 0.3) is 10.9 Å². The predicted molar refractivity (Wildman–Crippen MR) is 190 cm³/mol. The molecule has 13 nitrogen and oxygen atoms in total. The van der Waals surface area contributed by atoms with Crippen molar-refractivity contribution in [3.8, 4) is 17.2 Å². The normalized spacial score (nSPS) is 16.3. The molecule has 51 heavy (non-hydrogen) atoms. The molecule has 16 heteroatoms. The molecule has 1 aliphatic rings. The number of methoxy groups -OCH3 is 1. The van der Waals surface area contributed by atoms with Gasteiger partial charge in [-0.3, -0.25) is 4.57 Å². The highest BCUT2D eigenvalue weighted by atomic mass is 35.5. The summed E-state index contributed by atoms with van der Waals surface area (Å²) in [5.41, 5.74) is 1.95. The van der Waals surface area contributed by atoms with Crippen LogP contribution in [0.2, 0.25) is 5.02 Å². The Kier molecular flexibility index (Phi) is 12.4. The van der Waals surface area contributed by atoms with Crippen LogP contribution < -0.4 is 29.5 Å². The minimum absolute atomic E-state index is 0.0210. The molecule has 0 aliphatic carbocycles. The summed E-state index contributed by atoms with van der Waals surface area (Å²) < 4.78 is 48.8. The van der Waals surface area contributed by atoms with Crippen LogP contribution in [0, 0.1) is 5.82 Å². The van der Waals surface area contributed by atoms with Gasteiger partial charge >= 0.3 is 7.82 Å². The maximum Gasteiger partial charge on any atom is 0.317 e. The maximum absolute atomic E-state index is 13.7. The molecule has 2 atom stereocenters. The van der Waals surface area contributed by atoms with Gasteiger partial charge in [-0.05, 0) is 62.7 Å². The highest BCUT2D eigenvalue weighted by molar-refractivity contribution is 7.45. The second-order valence-corrected chi connectivity index (χ2v) is 15.1. The molecule has 0 amide bonds. The summed E-state index contributed by atoms with van der Waals surface area (Å²) in [6.45, 7) is 9.90. The van der Waals surface area contributed by atoms with Crippen LogP contribution in [-0.2, 0) is 15.8 Å². The van der Waals surface area contributed by atoms with Crippen LogP contribution >= 0.6 is 19.4 Å². The number of rotatable bonds is 15. The fraction of sp³-hybridized carbons (Fsp3) is 0.429. The van der Waals surface area contributed by atoms with Crippen LogP contribution in [0.1, 0.15) is 44.4 Å². The van der Waals surface area contributed by atoms with Gasteiger partial charge in [-0.25, -0.2) is 14.4 Å². The smallest absolute Gasteiger partial charge is 0.317 e. The molecule has 1 fully saturated rings. The molecule has 2 unspecified atom stereocenters. The van der Waals surface area contributed by atoms with Crippen LogP contribution in [0.15, 0.2) is 54.9 Å². The van der Waals surface area contributed by atoms with Gasteiger partial charge in [-0.15, -0.1) is 0 Å². The number of aliphatic hydroxyl groups is 1. The molecule has 276 valence electrons. The van der Waals surface area contributed by atoms with E-state index in [4.69, 9.17) is 30.3 Å². The van der Waals surface area contributed by atoms with Crippen LogP contribution in [0.5, 0.6) is 17.2 Å². The van der Waals surface area contributed by atoms with Crippen molar-refractivity contribution >= 4 is 41.8 Å². The standard InChI is InChI=1S/C35H44ClFN5O8P/c1-35(2,3)40-20-30(43)23-6-7-24(31(16-23)50-51(44,45)46)21-42(11-14-48-15-12-42)10-5-13-49-33-18-26-29(19-32(33)47-4)38-22-39-34(26)41-25-8-9-28(37)27(36)17-25/h6-9,16-19,22,30,40,43H,5,10-15,20-21H2,1-4H3,(H2-,38,39,41,44,45,46). The number of aromatic nitrogens is 2. The molecule has 3 aromatic carbocycles. The lowest BCUT2D eigenvalue weighted by molar-refractivity contribution is -0.947. The number of benzene rings is 3. The monoisotopic (exact) mass is 747 g/mol. The van der Waals surface area contributed by atoms with Crippen molar-refractivity contribution in [2.24, 2.45) is 0 Å². The number of hydrogen-bond donors (Lipinski definition) is 4. The molecule has 5 rings (SSSR count). The van der Waals surface area contributed by atoms with E-state index in [1.165, 1.54) is 24.5 Å². The van der Waals surface area contributed by atoms with Crippen molar-refractivity contribution in [1.29, 1.82) is 0 Å². The van der Waals surface area contributed by atoms with Gasteiger partial charge in [0.25, 0.3) is 0 Å². The first-order valence-corrected chi connectivity index (χ1v) is 18.4. The Hall–Kier alpha value is -3.59. The zero-order valence-electron chi connectivity index (χ0n) is 29.0. The summed E-state index contributed by atoms with van der Waals surface area (Å²) >= 11 is 5.97. The number of nitrogens with one attached hydrogen (secondary N) is 2. The molecule has 0 spiro atoms. The van der Waals surface area contributed by atoms with Gasteiger partial charge in [0.1, 0.15) is 43.3 Å². The summed E-state index contributed by atoms with van der Waals surface area (Å²) in [6.07, 6.45) is 1.10. The van der Waals surface area contributed by atoms with Crippen molar-refractivity contribution in [3.63, 3.8) is 0 Å². The molecule has 0 bridgehead atoms. The molecule has 1 saturated heterocycles. The minimum Gasteiger partial charge on any atom is -0.746 e. The van der Waals surface area contributed by atoms with E-state index >= 15 is 0 Å². The minimum atomic E-state index is -5.14. The lowest BCUT2D eigenvalue weighted by atomic mass is 10.0. The summed E-state index contributed by atoms with van der Waals surface area (Å²) in [5.74, 6) is 0.883. The Morgan fingerprint density at radius 3 is 2.55 bits per heavy atom. The summed E-state index contributed by atoms with van der Waals surface area (Å²) in [4.78, 5) is 30.3. The lowest BCUT2D eigenvalue weighted by Crippen LogP contribution is -2.55. The van der Waals surface area contributed by atoms with Crippen LogP contribution in [0.3, 0.4) is 0 Å². The van der Waals surface area contributed by atoms with Crippen molar-refractivity contribution in [2.75, 3.05) is 58.4 Å². The molecule has 2 heterocycles. The third-order valence-electron chi connectivity index (χ3n) is 8.58. The van der Waals surface area contributed by atoms with E-state index in [-0.39, 0.29) is 22.9 Å². The molecule has 4 aromatic rings. The lowest BCUT2D eigenvalue weighted by Gasteiger charge is -2.42. The first kappa shape index (κ1) is 38.6. The molecule has 4 N–H and O–H groups in total. The predicted octanol–water partition coefficient (Wildman–Crippen LogP) is 5.25. The molecular formula is C35H44ClFN5O8P. The Labute approximate surface area is 301 Å². The van der Waals surface area contributed by atoms with Gasteiger partial charge in [0.2, 0.25) is 0 Å². The number of halogens is 2. The van der Waals surface area contributed by atoms with Crippen molar-refractivity contribution in [2.45, 2.75) is 45.4 Å². The van der Waals surface area contributed by atoms with Gasteiger partial charge in [-0.2, -0.15) is 0 Å². The fourth-order valence-corrected chi connectivity index (χ4v) is 6.52. The van der Waals surface area contributed by atoms with Gasteiger partial charge in [0.05, 0.1) is 50.1 Å². The number of ether oxygens (including phenoxy) is 3. The number of hydrogen-bond acceptors (Lipinski definition) is 11. The largest absolute Gasteiger partial charge is 0.746 e. The third-order valence-corrected chi connectivity index (χ3v) is 9.30. The van der Waals surface area contributed by atoms with E-state index in [1.807, 2.05) is 20.8 Å². The molecule has 1 aliphatic heterocycles. The summed E-state index contributed by atoms with van der Waals surface area (Å²) in [6, 6.07) is 12.8. The first-order chi connectivity index (χ1) is 24.1. The number of phosphoric acid groups is 1. The quantitative estimate of drug-likeness (QED) is 0.0710. The Morgan fingerprint density at radius 2 is 1.86 bits per heavy atom. The Bertz CT molecular complexity index is 1870. The van der Waals surface area contributed by atoms with Crippen molar-refractivity contribution < 1.29 is 47.1 Å². The van der Waals surface area contributed by atoms with Crippen LogP contribution in [0.4, 0.5) is 15.9 Å². The molecule has 1 aromatic heterocycles. The van der Waals surface area contributed by atoms with Crippen LogP contribution in [-0.4, -0.2) is 83.1 Å². The highest BCUT2D eigenvalue weighted by Crippen LogP contribution is 2.39. The number of phosphoric ester groups is 1. The van der Waals surface area contributed by atoms with E-state index < -0.39 is 19.7 Å². The number of nitrogens with zero attached hydrogens (tertiary/aromatic N) is 3. The SMILES string of the molecule is COc1cc2ncnc(Nc3ccc(F)c(Cl)c3)c2cc1OCCC[N+]1(Cc2ccc(C(O)CNC(C)(C)C)cc2OP(=O)([O-])O)CCOCC1. The third kappa shape index (κ3) is 10.7. The number of aliphatic hydroxyl groups excluding tert-OH is 1. The molecule has 0 radical (unpaired) electrons. The number of anilines is 2. The van der Waals surface area contributed by atoms with Gasteiger partial charge in [-0.1, -0.05) is 17.7 Å². The summed E-state index contributed by atoms with van der Waals surface area (Å²) in [7, 11) is -3.60. The average Bonchev–Trinajstić information content (AvgIpc) is 3.07. The van der Waals surface area contributed by atoms with Crippen molar-refractivity contribution in [3.05, 3.63) is 76.8 Å². The summed E-state index contributed by atoms with van der Waals surface area (Å²) in [5, 5.41) is 17.8. The van der Waals surface area contributed by atoms with Gasteiger partial charge in [0.15, 0.2) is 11.5 Å². The number of β-amino-alcohol motifs (C(OH)–C–C–N with tert-alkyl or cyclic N) is 1. The fourth-order valence-electron chi connectivity index (χ4n) is 5.92. The number of fused-ring (bicyclic) bond motifs is 1. The maximum atomic E-state index is 13.7. The second kappa shape index (κ2) is 16.4. The van der Waals surface area contributed by atoms with E-state index in [0.717, 1.165) is 0 Å². The highest BCUT2D eigenvalue weighted by Gasteiger charge is 2.32. The van der Waals surface area contributed by atoms with E-state index in [1.54, 1.807) is 37.4 Å². The van der Waals surface area contributed by atoms with Crippen molar-refractivity contribution in [1.82, 2.24) is 15.3 Å². The van der Waals surface area contributed by atoms with E-state index in [2.05, 4.69) is 20.6 Å². The molecular weight excluding hydrogens is 704 g/mol. The molecule has 0 saturated carbocycles. The van der Waals surface area contributed by atoms with Gasteiger partial charge in [0, 0.05) is 41.2 Å². The van der Waals surface area contributed by atoms with E-state index in [9.17, 15) is 23.8 Å². The average molecular weight is 748 g/mol. The Morgan fingerprint density at radius 1 is 1.10 bits per heavy atom. The topological polar surface area (TPSA) is 167 Å². The zero-order valence-corrected chi connectivity index (χ0v) is 30.7. The zero-order chi connectivity index (χ0) is 36.8. The Balaban J connectivity index is 1.32. The second-order valence-electron chi connectivity index (χ2n) is 13.6. The van der Waals surface area contributed by atoms with E-state index in [0.29, 0.717) is 102 Å².